The number of aliphatic imine (C=N–C) groups is 1. The summed E-state index contributed by atoms with van der Waals surface area (Å²) in [7, 11) is 4.61. The van der Waals surface area contributed by atoms with Crippen molar-refractivity contribution in [2.75, 3.05) is 33.2 Å². The highest BCUT2D eigenvalue weighted by Gasteiger charge is 2.07. The van der Waals surface area contributed by atoms with Crippen LogP contribution in [0, 0.1) is 5.82 Å². The molecule has 0 unspecified atom stereocenters. The molecule has 0 atom stereocenters. The van der Waals surface area contributed by atoms with Gasteiger partial charge in [0.2, 0.25) is 0 Å². The summed E-state index contributed by atoms with van der Waals surface area (Å²) < 4.78 is 29.3. The first-order chi connectivity index (χ1) is 12.6. The molecule has 2 N–H and O–H groups in total. The summed E-state index contributed by atoms with van der Waals surface area (Å²) in [6.45, 7) is 2.98. The molecule has 0 aromatic heterocycles. The van der Waals surface area contributed by atoms with Crippen molar-refractivity contribution in [3.8, 4) is 17.2 Å². The molecule has 0 heterocycles. The number of rotatable bonds is 7. The standard InChI is InChI=1S/C19H24FN3O3.HI/c1-5-21-19(22-12-13-6-8-16(24-2)15(20)10-13)23-14-7-9-17(25-3)18(11-14)26-4;/h6-11H,5,12H2,1-4H3,(H2,21,22,23);1H. The van der Waals surface area contributed by atoms with Crippen LogP contribution in [0.15, 0.2) is 41.4 Å². The Bertz CT molecular complexity index is 772. The van der Waals surface area contributed by atoms with E-state index in [-0.39, 0.29) is 29.7 Å². The molecule has 0 spiro atoms. The maximum atomic E-state index is 13.8. The fourth-order valence-corrected chi connectivity index (χ4v) is 2.34. The molecule has 0 aliphatic heterocycles. The summed E-state index contributed by atoms with van der Waals surface area (Å²) in [5.74, 6) is 1.65. The zero-order valence-electron chi connectivity index (χ0n) is 15.8. The van der Waals surface area contributed by atoms with Gasteiger partial charge in [-0.15, -0.1) is 24.0 Å². The fourth-order valence-electron chi connectivity index (χ4n) is 2.34. The van der Waals surface area contributed by atoms with Crippen molar-refractivity contribution in [2.45, 2.75) is 13.5 Å². The fraction of sp³-hybridized carbons (Fsp3) is 0.316. The summed E-state index contributed by atoms with van der Waals surface area (Å²) in [5.41, 5.74) is 1.54. The largest absolute Gasteiger partial charge is 0.494 e. The summed E-state index contributed by atoms with van der Waals surface area (Å²) in [4.78, 5) is 4.49. The summed E-state index contributed by atoms with van der Waals surface area (Å²) >= 11 is 0. The van der Waals surface area contributed by atoms with Crippen molar-refractivity contribution in [1.82, 2.24) is 5.32 Å². The minimum absolute atomic E-state index is 0. The molecule has 0 fully saturated rings. The maximum Gasteiger partial charge on any atom is 0.196 e. The van der Waals surface area contributed by atoms with Crippen LogP contribution in [0.25, 0.3) is 0 Å². The molecular formula is C19H25FIN3O3. The number of hydrogen-bond donors (Lipinski definition) is 2. The SMILES string of the molecule is CCNC(=NCc1ccc(OC)c(F)c1)Nc1ccc(OC)c(OC)c1.I. The summed E-state index contributed by atoms with van der Waals surface area (Å²) in [6, 6.07) is 10.3. The second kappa shape index (κ2) is 11.5. The van der Waals surface area contributed by atoms with Gasteiger partial charge >= 0.3 is 0 Å². The Morgan fingerprint density at radius 2 is 1.63 bits per heavy atom. The molecule has 0 saturated carbocycles. The van der Waals surface area contributed by atoms with Gasteiger partial charge in [0.25, 0.3) is 0 Å². The molecule has 148 valence electrons. The lowest BCUT2D eigenvalue weighted by molar-refractivity contribution is 0.355. The third-order valence-corrected chi connectivity index (χ3v) is 3.63. The Hall–Kier alpha value is -2.23. The van der Waals surface area contributed by atoms with Crippen LogP contribution in [0.1, 0.15) is 12.5 Å². The zero-order valence-corrected chi connectivity index (χ0v) is 18.2. The van der Waals surface area contributed by atoms with Crippen molar-refractivity contribution in [1.29, 1.82) is 0 Å². The van der Waals surface area contributed by atoms with Crippen molar-refractivity contribution in [2.24, 2.45) is 4.99 Å². The van der Waals surface area contributed by atoms with Gasteiger partial charge in [-0.05, 0) is 36.8 Å². The maximum absolute atomic E-state index is 13.8. The number of anilines is 1. The first-order valence-corrected chi connectivity index (χ1v) is 8.21. The number of halogens is 2. The van der Waals surface area contributed by atoms with Crippen LogP contribution >= 0.6 is 24.0 Å². The zero-order chi connectivity index (χ0) is 18.9. The van der Waals surface area contributed by atoms with Crippen molar-refractivity contribution < 1.29 is 18.6 Å². The molecule has 2 aromatic rings. The first-order valence-electron chi connectivity index (χ1n) is 8.21. The van der Waals surface area contributed by atoms with E-state index in [1.807, 2.05) is 25.1 Å². The average molecular weight is 489 g/mol. The smallest absolute Gasteiger partial charge is 0.196 e. The van der Waals surface area contributed by atoms with Gasteiger partial charge in [0.05, 0.1) is 27.9 Å². The molecule has 0 aliphatic rings. The Kier molecular flexibility index (Phi) is 9.70. The lowest BCUT2D eigenvalue weighted by atomic mass is 10.2. The van der Waals surface area contributed by atoms with Gasteiger partial charge in [-0.2, -0.15) is 0 Å². The van der Waals surface area contributed by atoms with E-state index in [9.17, 15) is 4.39 Å². The molecule has 2 rings (SSSR count). The predicted octanol–water partition coefficient (Wildman–Crippen LogP) is 4.05. The third kappa shape index (κ3) is 6.46. The van der Waals surface area contributed by atoms with Gasteiger partial charge in [0, 0.05) is 18.3 Å². The van der Waals surface area contributed by atoms with E-state index < -0.39 is 5.82 Å². The lowest BCUT2D eigenvalue weighted by Crippen LogP contribution is -2.30. The first kappa shape index (κ1) is 22.8. The highest BCUT2D eigenvalue weighted by atomic mass is 127. The quantitative estimate of drug-likeness (QED) is 0.349. The van der Waals surface area contributed by atoms with Crippen LogP contribution in [0.3, 0.4) is 0 Å². The molecular weight excluding hydrogens is 464 g/mol. The average Bonchev–Trinajstić information content (AvgIpc) is 2.66. The van der Waals surface area contributed by atoms with Gasteiger partial charge in [-0.1, -0.05) is 6.07 Å². The van der Waals surface area contributed by atoms with Crippen LogP contribution in [0.4, 0.5) is 10.1 Å². The highest BCUT2D eigenvalue weighted by molar-refractivity contribution is 14.0. The van der Waals surface area contributed by atoms with E-state index in [1.54, 1.807) is 26.4 Å². The highest BCUT2D eigenvalue weighted by Crippen LogP contribution is 2.29. The number of ether oxygens (including phenoxy) is 3. The van der Waals surface area contributed by atoms with Crippen LogP contribution in [0.2, 0.25) is 0 Å². The molecule has 2 aromatic carbocycles. The molecule has 27 heavy (non-hydrogen) atoms. The van der Waals surface area contributed by atoms with Crippen molar-refractivity contribution in [3.05, 3.63) is 47.8 Å². The van der Waals surface area contributed by atoms with E-state index in [4.69, 9.17) is 14.2 Å². The molecule has 0 radical (unpaired) electrons. The molecule has 0 amide bonds. The number of nitrogens with one attached hydrogen (secondary N) is 2. The summed E-state index contributed by atoms with van der Waals surface area (Å²) in [5, 5.41) is 6.35. The molecule has 0 saturated heterocycles. The molecule has 6 nitrogen and oxygen atoms in total. The number of hydrogen-bond acceptors (Lipinski definition) is 4. The Balaban J connectivity index is 0.00000364. The number of guanidine groups is 1. The van der Waals surface area contributed by atoms with Crippen molar-refractivity contribution >= 4 is 35.6 Å². The Morgan fingerprint density at radius 1 is 0.963 bits per heavy atom. The van der Waals surface area contributed by atoms with E-state index in [2.05, 4.69) is 15.6 Å². The minimum atomic E-state index is -0.405. The number of benzene rings is 2. The van der Waals surface area contributed by atoms with Crippen LogP contribution in [-0.2, 0) is 6.54 Å². The van der Waals surface area contributed by atoms with Gasteiger partial charge in [-0.3, -0.25) is 0 Å². The summed E-state index contributed by atoms with van der Waals surface area (Å²) in [6.07, 6.45) is 0. The number of methoxy groups -OCH3 is 3. The predicted molar refractivity (Wildman–Crippen MR) is 116 cm³/mol. The molecule has 8 heteroatoms. The Morgan fingerprint density at radius 3 is 2.22 bits per heavy atom. The minimum Gasteiger partial charge on any atom is -0.494 e. The van der Waals surface area contributed by atoms with Gasteiger partial charge in [0.1, 0.15) is 0 Å². The topological polar surface area (TPSA) is 64.1 Å². The van der Waals surface area contributed by atoms with Crippen LogP contribution in [0.5, 0.6) is 17.2 Å². The van der Waals surface area contributed by atoms with Gasteiger partial charge < -0.3 is 24.8 Å². The van der Waals surface area contributed by atoms with Crippen LogP contribution in [-0.4, -0.2) is 33.8 Å². The van der Waals surface area contributed by atoms with E-state index >= 15 is 0 Å². The van der Waals surface area contributed by atoms with E-state index in [0.717, 1.165) is 11.3 Å². The van der Waals surface area contributed by atoms with E-state index in [1.165, 1.54) is 13.2 Å². The monoisotopic (exact) mass is 489 g/mol. The second-order valence-electron chi connectivity index (χ2n) is 5.36. The lowest BCUT2D eigenvalue weighted by Gasteiger charge is -2.14. The third-order valence-electron chi connectivity index (χ3n) is 3.63. The number of nitrogens with zero attached hydrogens (tertiary/aromatic N) is 1. The van der Waals surface area contributed by atoms with Gasteiger partial charge in [0.15, 0.2) is 29.0 Å². The van der Waals surface area contributed by atoms with Crippen LogP contribution < -0.4 is 24.8 Å². The molecule has 0 aliphatic carbocycles. The normalized spacial score (nSPS) is 10.6. The second-order valence-corrected chi connectivity index (χ2v) is 5.36. The Labute approximate surface area is 176 Å². The van der Waals surface area contributed by atoms with E-state index in [0.29, 0.717) is 30.5 Å². The van der Waals surface area contributed by atoms with Gasteiger partial charge in [-0.25, -0.2) is 9.38 Å². The van der Waals surface area contributed by atoms with Crippen molar-refractivity contribution in [3.63, 3.8) is 0 Å². The molecule has 0 bridgehead atoms.